The second-order valence-electron chi connectivity index (χ2n) is 5.32. The topological polar surface area (TPSA) is 110 Å². The third kappa shape index (κ3) is 4.50. The number of hydrogen-bond donors (Lipinski definition) is 2. The van der Waals surface area contributed by atoms with Crippen molar-refractivity contribution in [2.75, 3.05) is 18.5 Å². The Morgan fingerprint density at radius 2 is 1.79 bits per heavy atom. The maximum Gasteiger partial charge on any atom is 0.432 e. The van der Waals surface area contributed by atoms with Crippen LogP contribution < -0.4 is 5.32 Å². The Labute approximate surface area is 161 Å². The van der Waals surface area contributed by atoms with Crippen molar-refractivity contribution < 1.29 is 37.0 Å². The number of aromatic nitrogens is 2. The van der Waals surface area contributed by atoms with Crippen molar-refractivity contribution in [3.8, 4) is 0 Å². The summed E-state index contributed by atoms with van der Waals surface area (Å²) in [4.78, 5) is 36.7. The molecule has 8 nitrogen and oxygen atoms in total. The predicted octanol–water partition coefficient (Wildman–Crippen LogP) is 3.40. The van der Waals surface area contributed by atoms with Gasteiger partial charge in [0.2, 0.25) is 0 Å². The highest BCUT2D eigenvalue weighted by atomic mass is 32.1. The summed E-state index contributed by atoms with van der Waals surface area (Å²) in [7, 11) is 0. The normalized spacial score (nSPS) is 11.2. The lowest BCUT2D eigenvalue weighted by Gasteiger charge is -2.06. The fraction of sp³-hybridized carbons (Fsp3) is 0.375. The fourth-order valence-corrected chi connectivity index (χ4v) is 3.28. The lowest BCUT2D eigenvalue weighted by Crippen LogP contribution is -2.15. The molecular weight excluding hydrogens is 403 g/mol. The molecule has 0 saturated heterocycles. The Bertz CT molecular complexity index is 904. The van der Waals surface area contributed by atoms with E-state index in [4.69, 9.17) is 9.47 Å². The first-order valence-electron chi connectivity index (χ1n) is 8.01. The third-order valence-electron chi connectivity index (χ3n) is 3.43. The molecule has 2 heterocycles. The smallest absolute Gasteiger partial charge is 0.432 e. The van der Waals surface area contributed by atoms with Gasteiger partial charge in [-0.1, -0.05) is 0 Å². The molecular formula is C16H16F3N3O5S. The molecule has 0 aliphatic carbocycles. The minimum Gasteiger partial charge on any atom is -0.462 e. The molecule has 0 aliphatic heterocycles. The number of ether oxygens (including phenoxy) is 2. The lowest BCUT2D eigenvalue weighted by molar-refractivity contribution is -0.141. The number of carbonyl (C=O) groups excluding carboxylic acids is 3. The highest BCUT2D eigenvalue weighted by molar-refractivity contribution is 7.18. The van der Waals surface area contributed by atoms with Gasteiger partial charge in [-0.25, -0.2) is 9.59 Å². The van der Waals surface area contributed by atoms with Crippen molar-refractivity contribution in [3.05, 3.63) is 33.5 Å². The van der Waals surface area contributed by atoms with Gasteiger partial charge in [-0.3, -0.25) is 9.89 Å². The number of thiophene rings is 1. The molecule has 2 aromatic rings. The minimum absolute atomic E-state index is 0.0462. The molecule has 0 unspecified atom stereocenters. The fourth-order valence-electron chi connectivity index (χ4n) is 2.19. The number of aromatic amines is 1. The summed E-state index contributed by atoms with van der Waals surface area (Å²) in [5, 5.41) is 7.30. The van der Waals surface area contributed by atoms with E-state index >= 15 is 0 Å². The van der Waals surface area contributed by atoms with Gasteiger partial charge >= 0.3 is 18.1 Å². The van der Waals surface area contributed by atoms with Crippen LogP contribution >= 0.6 is 11.3 Å². The molecule has 0 radical (unpaired) electrons. The monoisotopic (exact) mass is 419 g/mol. The first kappa shape index (κ1) is 21.4. The van der Waals surface area contributed by atoms with E-state index in [0.29, 0.717) is 6.07 Å². The standard InChI is InChI=1S/C16H16F3N3O5S/c1-4-26-14(24)10-7(3)11(15(25)27-5-2)28-13(10)20-12(23)8-6-9(22-21-8)16(17,18)19/h6H,4-5H2,1-3H3,(H,20,23)(H,21,22). The van der Waals surface area contributed by atoms with Crippen LogP contribution in [0, 0.1) is 6.92 Å². The number of hydrogen-bond acceptors (Lipinski definition) is 7. The summed E-state index contributed by atoms with van der Waals surface area (Å²) < 4.78 is 47.8. The molecule has 12 heteroatoms. The van der Waals surface area contributed by atoms with E-state index in [9.17, 15) is 27.6 Å². The molecule has 28 heavy (non-hydrogen) atoms. The van der Waals surface area contributed by atoms with E-state index in [1.807, 2.05) is 0 Å². The maximum atomic E-state index is 12.7. The van der Waals surface area contributed by atoms with Gasteiger partial charge in [-0.15, -0.1) is 11.3 Å². The van der Waals surface area contributed by atoms with Gasteiger partial charge in [-0.05, 0) is 26.3 Å². The Kier molecular flexibility index (Phi) is 6.44. The molecule has 0 aromatic carbocycles. The number of amides is 1. The summed E-state index contributed by atoms with van der Waals surface area (Å²) in [5.74, 6) is -2.48. The Morgan fingerprint density at radius 1 is 1.18 bits per heavy atom. The number of alkyl halides is 3. The number of halogens is 3. The van der Waals surface area contributed by atoms with Crippen LogP contribution in [0.25, 0.3) is 0 Å². The molecule has 0 atom stereocenters. The van der Waals surface area contributed by atoms with Gasteiger partial charge in [0.15, 0.2) is 5.69 Å². The Morgan fingerprint density at radius 3 is 2.32 bits per heavy atom. The van der Waals surface area contributed by atoms with Crippen LogP contribution in [-0.4, -0.2) is 41.3 Å². The average molecular weight is 419 g/mol. The molecule has 1 amide bonds. The number of nitrogens with one attached hydrogen (secondary N) is 2. The first-order chi connectivity index (χ1) is 13.1. The van der Waals surface area contributed by atoms with E-state index < -0.39 is 35.4 Å². The largest absolute Gasteiger partial charge is 0.462 e. The number of esters is 2. The molecule has 2 N–H and O–H groups in total. The predicted molar refractivity (Wildman–Crippen MR) is 92.5 cm³/mol. The van der Waals surface area contributed by atoms with Crippen LogP contribution in [0.4, 0.5) is 18.2 Å². The van der Waals surface area contributed by atoms with Crippen LogP contribution in [0.15, 0.2) is 6.07 Å². The molecule has 0 aliphatic rings. The van der Waals surface area contributed by atoms with E-state index in [1.54, 1.807) is 18.9 Å². The minimum atomic E-state index is -4.70. The zero-order chi connectivity index (χ0) is 21.1. The molecule has 2 rings (SSSR count). The number of carbonyl (C=O) groups is 3. The Balaban J connectivity index is 2.38. The molecule has 0 fully saturated rings. The number of rotatable bonds is 6. The summed E-state index contributed by atoms with van der Waals surface area (Å²) in [5.41, 5.74) is -1.58. The summed E-state index contributed by atoms with van der Waals surface area (Å²) in [6.45, 7) is 4.80. The van der Waals surface area contributed by atoms with Gasteiger partial charge in [0.1, 0.15) is 15.6 Å². The van der Waals surface area contributed by atoms with E-state index in [1.165, 1.54) is 6.92 Å². The lowest BCUT2D eigenvalue weighted by atomic mass is 10.1. The van der Waals surface area contributed by atoms with Crippen LogP contribution in [0.3, 0.4) is 0 Å². The summed E-state index contributed by atoms with van der Waals surface area (Å²) in [6.07, 6.45) is -4.70. The van der Waals surface area contributed by atoms with Gasteiger partial charge < -0.3 is 14.8 Å². The molecule has 0 bridgehead atoms. The van der Waals surface area contributed by atoms with E-state index in [2.05, 4.69) is 10.4 Å². The summed E-state index contributed by atoms with van der Waals surface area (Å²) >= 11 is 0.756. The molecule has 152 valence electrons. The van der Waals surface area contributed by atoms with Crippen LogP contribution in [-0.2, 0) is 15.7 Å². The molecule has 2 aromatic heterocycles. The third-order valence-corrected chi connectivity index (χ3v) is 4.62. The second-order valence-corrected chi connectivity index (χ2v) is 6.34. The quantitative estimate of drug-likeness (QED) is 0.695. The maximum absolute atomic E-state index is 12.7. The van der Waals surface area contributed by atoms with Gasteiger partial charge in [0.25, 0.3) is 5.91 Å². The SMILES string of the molecule is CCOC(=O)c1sc(NC(=O)c2cc(C(F)(F)F)[nH]n2)c(C(=O)OCC)c1C. The molecule has 0 saturated carbocycles. The van der Waals surface area contributed by atoms with Crippen LogP contribution in [0.1, 0.15) is 55.6 Å². The number of nitrogens with zero attached hydrogens (tertiary/aromatic N) is 1. The highest BCUT2D eigenvalue weighted by Gasteiger charge is 2.34. The van der Waals surface area contributed by atoms with Crippen molar-refractivity contribution >= 4 is 34.2 Å². The average Bonchev–Trinajstić information content (AvgIpc) is 3.20. The van der Waals surface area contributed by atoms with Crippen molar-refractivity contribution in [2.45, 2.75) is 26.9 Å². The van der Waals surface area contributed by atoms with E-state index in [0.717, 1.165) is 11.3 Å². The van der Waals surface area contributed by atoms with Crippen LogP contribution in [0.2, 0.25) is 0 Å². The van der Waals surface area contributed by atoms with Gasteiger partial charge in [0.05, 0.1) is 18.8 Å². The zero-order valence-corrected chi connectivity index (χ0v) is 15.8. The van der Waals surface area contributed by atoms with Gasteiger partial charge in [0, 0.05) is 6.07 Å². The summed E-state index contributed by atoms with van der Waals surface area (Å²) in [6, 6.07) is 0.534. The highest BCUT2D eigenvalue weighted by Crippen LogP contribution is 2.35. The van der Waals surface area contributed by atoms with Crippen LogP contribution in [0.5, 0.6) is 0 Å². The molecule has 0 spiro atoms. The van der Waals surface area contributed by atoms with E-state index in [-0.39, 0.29) is 34.2 Å². The number of H-pyrrole nitrogens is 1. The second kappa shape index (κ2) is 8.42. The van der Waals surface area contributed by atoms with Crippen molar-refractivity contribution in [1.29, 1.82) is 0 Å². The zero-order valence-electron chi connectivity index (χ0n) is 15.0. The van der Waals surface area contributed by atoms with Gasteiger partial charge in [-0.2, -0.15) is 18.3 Å². The van der Waals surface area contributed by atoms with Crippen molar-refractivity contribution in [2.24, 2.45) is 0 Å². The van der Waals surface area contributed by atoms with Crippen molar-refractivity contribution in [3.63, 3.8) is 0 Å². The Hall–Kier alpha value is -2.89. The number of anilines is 1. The first-order valence-corrected chi connectivity index (χ1v) is 8.83. The van der Waals surface area contributed by atoms with Crippen molar-refractivity contribution in [1.82, 2.24) is 10.2 Å².